The fourth-order valence-corrected chi connectivity index (χ4v) is 4.70. The van der Waals surface area contributed by atoms with E-state index in [9.17, 15) is 18.0 Å². The second kappa shape index (κ2) is 6.08. The molecule has 0 unspecified atom stereocenters. The molecule has 0 radical (unpaired) electrons. The van der Waals surface area contributed by atoms with E-state index in [1.807, 2.05) is 0 Å². The van der Waals surface area contributed by atoms with Crippen molar-refractivity contribution in [2.45, 2.75) is 25.8 Å². The van der Waals surface area contributed by atoms with Gasteiger partial charge in [-0.05, 0) is 32.4 Å². The lowest BCUT2D eigenvalue weighted by atomic mass is 10.0. The molecule has 1 fully saturated rings. The highest BCUT2D eigenvalue weighted by Crippen LogP contribution is 2.22. The number of Topliss-reactive ketones (excluding diaryl/α,β-unsaturated/α-hetero) is 1. The van der Waals surface area contributed by atoms with E-state index in [1.54, 1.807) is 31.2 Å². The Balaban J connectivity index is 1.96. The van der Waals surface area contributed by atoms with Crippen LogP contribution < -0.4 is 10.6 Å². The third kappa shape index (κ3) is 4.07. The van der Waals surface area contributed by atoms with Crippen molar-refractivity contribution in [3.05, 3.63) is 29.8 Å². The molecule has 0 bridgehead atoms. The Morgan fingerprint density at radius 1 is 1.27 bits per heavy atom. The summed E-state index contributed by atoms with van der Waals surface area (Å²) in [4.78, 5) is 23.5. The SMILES string of the molecule is CC(=O)c1ccccc1NCC(=O)N[C@]1(C)CCS(=O)(=O)C1. The zero-order valence-electron chi connectivity index (χ0n) is 12.7. The van der Waals surface area contributed by atoms with Gasteiger partial charge in [-0.2, -0.15) is 0 Å². The Bertz CT molecular complexity index is 699. The predicted octanol–water partition coefficient (Wildman–Crippen LogP) is 0.994. The van der Waals surface area contributed by atoms with Crippen molar-refractivity contribution in [2.24, 2.45) is 0 Å². The minimum Gasteiger partial charge on any atom is -0.376 e. The molecule has 7 heteroatoms. The topological polar surface area (TPSA) is 92.3 Å². The maximum atomic E-state index is 12.0. The van der Waals surface area contributed by atoms with Crippen LogP contribution in [0.15, 0.2) is 24.3 Å². The van der Waals surface area contributed by atoms with Crippen LogP contribution in [0.4, 0.5) is 5.69 Å². The number of carbonyl (C=O) groups excluding carboxylic acids is 2. The molecule has 6 nitrogen and oxygen atoms in total. The smallest absolute Gasteiger partial charge is 0.239 e. The van der Waals surface area contributed by atoms with Crippen LogP contribution in [-0.2, 0) is 14.6 Å². The summed E-state index contributed by atoms with van der Waals surface area (Å²) in [5, 5.41) is 5.69. The van der Waals surface area contributed by atoms with Crippen molar-refractivity contribution < 1.29 is 18.0 Å². The van der Waals surface area contributed by atoms with Crippen LogP contribution in [0.5, 0.6) is 0 Å². The molecule has 1 aromatic rings. The van der Waals surface area contributed by atoms with Gasteiger partial charge in [0.15, 0.2) is 15.6 Å². The van der Waals surface area contributed by atoms with Crippen molar-refractivity contribution in [1.29, 1.82) is 0 Å². The summed E-state index contributed by atoms with van der Waals surface area (Å²) in [7, 11) is -3.06. The van der Waals surface area contributed by atoms with Gasteiger partial charge in [-0.25, -0.2) is 8.42 Å². The van der Waals surface area contributed by atoms with E-state index in [4.69, 9.17) is 0 Å². The summed E-state index contributed by atoms with van der Waals surface area (Å²) >= 11 is 0. The van der Waals surface area contributed by atoms with E-state index in [2.05, 4.69) is 10.6 Å². The molecule has 1 aromatic carbocycles. The molecule has 0 spiro atoms. The van der Waals surface area contributed by atoms with Gasteiger partial charge >= 0.3 is 0 Å². The van der Waals surface area contributed by atoms with E-state index in [1.165, 1.54) is 6.92 Å². The molecule has 1 saturated heterocycles. The van der Waals surface area contributed by atoms with Crippen molar-refractivity contribution >= 4 is 27.2 Å². The highest BCUT2D eigenvalue weighted by atomic mass is 32.2. The first-order chi connectivity index (χ1) is 10.2. The van der Waals surface area contributed by atoms with Gasteiger partial charge in [-0.1, -0.05) is 12.1 Å². The summed E-state index contributed by atoms with van der Waals surface area (Å²) in [6.07, 6.45) is 0.422. The second-order valence-corrected chi connectivity index (χ2v) is 8.09. The molecule has 0 aliphatic carbocycles. The molecule has 1 heterocycles. The monoisotopic (exact) mass is 324 g/mol. The molecule has 1 amide bonds. The maximum Gasteiger partial charge on any atom is 0.239 e. The lowest BCUT2D eigenvalue weighted by Gasteiger charge is -2.24. The minimum absolute atomic E-state index is 0.0140. The summed E-state index contributed by atoms with van der Waals surface area (Å²) in [6.45, 7) is 3.18. The summed E-state index contributed by atoms with van der Waals surface area (Å²) < 4.78 is 23.0. The van der Waals surface area contributed by atoms with Gasteiger partial charge in [-0.15, -0.1) is 0 Å². The molecule has 0 aromatic heterocycles. The number of sulfone groups is 1. The van der Waals surface area contributed by atoms with Gasteiger partial charge in [-0.3, -0.25) is 9.59 Å². The van der Waals surface area contributed by atoms with Crippen LogP contribution in [0.2, 0.25) is 0 Å². The summed E-state index contributed by atoms with van der Waals surface area (Å²) in [6, 6.07) is 6.95. The Kier molecular flexibility index (Phi) is 4.55. The van der Waals surface area contributed by atoms with Gasteiger partial charge in [0.05, 0.1) is 23.6 Å². The van der Waals surface area contributed by atoms with Crippen molar-refractivity contribution in [2.75, 3.05) is 23.4 Å². The maximum absolute atomic E-state index is 12.0. The largest absolute Gasteiger partial charge is 0.376 e. The number of hydrogen-bond acceptors (Lipinski definition) is 5. The lowest BCUT2D eigenvalue weighted by Crippen LogP contribution is -2.48. The molecule has 1 aliphatic heterocycles. The van der Waals surface area contributed by atoms with Crippen LogP contribution in [-0.4, -0.2) is 43.7 Å². The standard InChI is InChI=1S/C15H20N2O4S/c1-11(18)12-5-3-4-6-13(12)16-9-14(19)17-15(2)7-8-22(20,21)10-15/h3-6,16H,7-10H2,1-2H3,(H,17,19)/t15-/m1/s1. The van der Waals surface area contributed by atoms with Crippen molar-refractivity contribution in [1.82, 2.24) is 5.32 Å². The van der Waals surface area contributed by atoms with Gasteiger partial charge in [0.25, 0.3) is 0 Å². The predicted molar refractivity (Wildman–Crippen MR) is 84.8 cm³/mol. The number of nitrogens with one attached hydrogen (secondary N) is 2. The van der Waals surface area contributed by atoms with Crippen LogP contribution in [0.3, 0.4) is 0 Å². The first kappa shape index (κ1) is 16.5. The number of benzene rings is 1. The Morgan fingerprint density at radius 3 is 2.55 bits per heavy atom. The zero-order valence-corrected chi connectivity index (χ0v) is 13.5. The van der Waals surface area contributed by atoms with Gasteiger partial charge < -0.3 is 10.6 Å². The van der Waals surface area contributed by atoms with Gasteiger partial charge in [0.2, 0.25) is 5.91 Å². The molecule has 0 saturated carbocycles. The van der Waals surface area contributed by atoms with Crippen LogP contribution in [0.1, 0.15) is 30.6 Å². The third-order valence-corrected chi connectivity index (χ3v) is 5.59. The van der Waals surface area contributed by atoms with E-state index in [0.29, 0.717) is 17.7 Å². The molecule has 2 N–H and O–H groups in total. The quantitative estimate of drug-likeness (QED) is 0.788. The van der Waals surface area contributed by atoms with Crippen molar-refractivity contribution in [3.8, 4) is 0 Å². The van der Waals surface area contributed by atoms with Crippen molar-refractivity contribution in [3.63, 3.8) is 0 Å². The first-order valence-corrected chi connectivity index (χ1v) is 8.88. The van der Waals surface area contributed by atoms with Gasteiger partial charge in [0, 0.05) is 11.3 Å². The van der Waals surface area contributed by atoms with Crippen LogP contribution in [0, 0.1) is 0 Å². The fraction of sp³-hybridized carbons (Fsp3) is 0.467. The normalized spacial score (nSPS) is 23.0. The highest BCUT2D eigenvalue weighted by Gasteiger charge is 2.39. The second-order valence-electron chi connectivity index (χ2n) is 5.91. The molecule has 22 heavy (non-hydrogen) atoms. The Morgan fingerprint density at radius 2 is 1.95 bits per heavy atom. The Labute approximate surface area is 130 Å². The summed E-state index contributed by atoms with van der Waals surface area (Å²) in [5.74, 6) is -0.310. The van der Waals surface area contributed by atoms with Crippen LogP contribution >= 0.6 is 0 Å². The number of amides is 1. The van der Waals surface area contributed by atoms with E-state index in [-0.39, 0.29) is 29.7 Å². The average molecular weight is 324 g/mol. The molecule has 2 rings (SSSR count). The van der Waals surface area contributed by atoms with Crippen LogP contribution in [0.25, 0.3) is 0 Å². The number of ketones is 1. The average Bonchev–Trinajstić information content (AvgIpc) is 2.70. The highest BCUT2D eigenvalue weighted by molar-refractivity contribution is 7.91. The molecule has 1 atom stereocenters. The first-order valence-electron chi connectivity index (χ1n) is 7.06. The molecular weight excluding hydrogens is 304 g/mol. The number of rotatable bonds is 5. The lowest BCUT2D eigenvalue weighted by molar-refractivity contribution is -0.120. The number of hydrogen-bond donors (Lipinski definition) is 2. The van der Waals surface area contributed by atoms with Gasteiger partial charge in [0.1, 0.15) is 0 Å². The Hall–Kier alpha value is -1.89. The third-order valence-electron chi connectivity index (χ3n) is 3.69. The zero-order chi connectivity index (χ0) is 16.4. The minimum atomic E-state index is -3.06. The number of carbonyl (C=O) groups is 2. The molecule has 120 valence electrons. The van der Waals surface area contributed by atoms with E-state index < -0.39 is 15.4 Å². The molecule has 1 aliphatic rings. The van der Waals surface area contributed by atoms with E-state index in [0.717, 1.165) is 0 Å². The molecular formula is C15H20N2O4S. The number of anilines is 1. The fourth-order valence-electron chi connectivity index (χ4n) is 2.61. The number of para-hydroxylation sites is 1. The van der Waals surface area contributed by atoms with E-state index >= 15 is 0 Å². The summed E-state index contributed by atoms with van der Waals surface area (Å²) in [5.41, 5.74) is 0.400.